The molecule has 1 atom stereocenters. The van der Waals surface area contributed by atoms with Gasteiger partial charge >= 0.3 is 0 Å². The number of likely N-dealkylation sites (tertiary alicyclic amines) is 1. The van der Waals surface area contributed by atoms with Crippen LogP contribution in [0.25, 0.3) is 11.3 Å². The molecule has 1 unspecified atom stereocenters. The molecule has 162 valence electrons. The van der Waals surface area contributed by atoms with Gasteiger partial charge in [-0.1, -0.05) is 18.2 Å². The number of piperidine rings is 1. The Labute approximate surface area is 186 Å². The van der Waals surface area contributed by atoms with Gasteiger partial charge in [0.05, 0.1) is 18.1 Å². The molecule has 2 heterocycles. The summed E-state index contributed by atoms with van der Waals surface area (Å²) in [6.07, 6.45) is 6.20. The van der Waals surface area contributed by atoms with Gasteiger partial charge in [-0.05, 0) is 62.1 Å². The second kappa shape index (κ2) is 7.61. The summed E-state index contributed by atoms with van der Waals surface area (Å²) in [5, 5.41) is 14.3. The van der Waals surface area contributed by atoms with E-state index in [1.807, 2.05) is 59.5 Å². The number of carbonyl (C=O) groups excluding carboxylic acids is 1. The first-order valence-electron chi connectivity index (χ1n) is 10.7. The van der Waals surface area contributed by atoms with E-state index in [-0.39, 0.29) is 23.0 Å². The minimum absolute atomic E-state index is 0.0249. The van der Waals surface area contributed by atoms with Gasteiger partial charge < -0.3 is 21.1 Å². The van der Waals surface area contributed by atoms with Gasteiger partial charge in [-0.2, -0.15) is 10.4 Å². The number of para-hydroxylation sites is 1. The Kier molecular flexibility index (Phi) is 4.74. The third-order valence-electron chi connectivity index (χ3n) is 6.50. The number of hydrogen-bond donors (Lipinski definition) is 2. The molecule has 8 heteroatoms. The monoisotopic (exact) mass is 428 g/mol. The smallest absolute Gasteiger partial charge is 0.254 e. The van der Waals surface area contributed by atoms with Crippen LogP contribution in [0.15, 0.2) is 54.6 Å². The number of rotatable bonds is 5. The molecule has 2 aromatic carbocycles. The third kappa shape index (κ3) is 3.42. The lowest BCUT2D eigenvalue weighted by Crippen LogP contribution is -2.43. The second-order valence-corrected chi connectivity index (χ2v) is 8.48. The zero-order valence-corrected chi connectivity index (χ0v) is 17.6. The molecule has 0 bridgehead atoms. The summed E-state index contributed by atoms with van der Waals surface area (Å²) in [4.78, 5) is 14.1. The fourth-order valence-electron chi connectivity index (χ4n) is 4.55. The Morgan fingerprint density at radius 1 is 1.09 bits per heavy atom. The molecule has 2 aliphatic rings. The molecule has 32 heavy (non-hydrogen) atoms. The summed E-state index contributed by atoms with van der Waals surface area (Å²) < 4.78 is 7.51. The van der Waals surface area contributed by atoms with Crippen LogP contribution in [0, 0.1) is 11.5 Å². The van der Waals surface area contributed by atoms with E-state index in [0.717, 1.165) is 37.0 Å². The van der Waals surface area contributed by atoms with Gasteiger partial charge in [-0.25, -0.2) is 4.68 Å². The highest BCUT2D eigenvalue weighted by molar-refractivity contribution is 6.03. The largest absolute Gasteiger partial charge is 0.457 e. The molecule has 1 saturated carbocycles. The number of nitriles is 1. The summed E-state index contributed by atoms with van der Waals surface area (Å²) >= 11 is 0. The second-order valence-electron chi connectivity index (χ2n) is 8.48. The number of aromatic nitrogens is 2. The highest BCUT2D eigenvalue weighted by atomic mass is 16.5. The Bertz CT molecular complexity index is 1190. The first kappa shape index (κ1) is 19.9. The van der Waals surface area contributed by atoms with Gasteiger partial charge in [-0.15, -0.1) is 0 Å². The van der Waals surface area contributed by atoms with Crippen LogP contribution >= 0.6 is 0 Å². The number of hydrogen-bond acceptors (Lipinski definition) is 6. The number of nitrogens with two attached hydrogens (primary N) is 2. The van der Waals surface area contributed by atoms with Crippen molar-refractivity contribution >= 4 is 11.7 Å². The van der Waals surface area contributed by atoms with E-state index in [9.17, 15) is 10.1 Å². The van der Waals surface area contributed by atoms with E-state index in [1.165, 1.54) is 0 Å². The van der Waals surface area contributed by atoms with Gasteiger partial charge in [0.2, 0.25) is 0 Å². The molecular weight excluding hydrogens is 404 g/mol. The number of primary amides is 1. The molecule has 5 rings (SSSR count). The van der Waals surface area contributed by atoms with Crippen LogP contribution in [0.2, 0.25) is 0 Å². The number of anilines is 1. The van der Waals surface area contributed by atoms with Gasteiger partial charge in [0.1, 0.15) is 28.6 Å². The van der Waals surface area contributed by atoms with Crippen LogP contribution < -0.4 is 16.2 Å². The molecule has 0 radical (unpaired) electrons. The number of nitrogens with zero attached hydrogens (tertiary/aromatic N) is 4. The SMILES string of the molecule is N#CN1CC(n2nc(-c3ccc(Oc4ccccc4)cc3)c(C(N)=O)c2N)CCC12CC2. The molecule has 1 saturated heterocycles. The highest BCUT2D eigenvalue weighted by Gasteiger charge is 2.51. The summed E-state index contributed by atoms with van der Waals surface area (Å²) in [6.45, 7) is 0.532. The Morgan fingerprint density at radius 2 is 1.78 bits per heavy atom. The lowest BCUT2D eigenvalue weighted by Gasteiger charge is -2.36. The maximum absolute atomic E-state index is 12.3. The number of carbonyl (C=O) groups is 1. The number of ether oxygens (including phenoxy) is 1. The summed E-state index contributed by atoms with van der Waals surface area (Å²) in [5.41, 5.74) is 13.4. The molecule has 1 spiro atoms. The quantitative estimate of drug-likeness (QED) is 0.598. The maximum Gasteiger partial charge on any atom is 0.254 e. The Balaban J connectivity index is 1.44. The molecule has 1 aliphatic heterocycles. The minimum Gasteiger partial charge on any atom is -0.457 e. The average Bonchev–Trinajstić information content (AvgIpc) is 3.49. The maximum atomic E-state index is 12.3. The highest BCUT2D eigenvalue weighted by Crippen LogP contribution is 2.50. The first-order chi connectivity index (χ1) is 15.5. The van der Waals surface area contributed by atoms with Crippen molar-refractivity contribution < 1.29 is 9.53 Å². The van der Waals surface area contributed by atoms with Crippen LogP contribution in [-0.4, -0.2) is 32.7 Å². The molecular formula is C24H24N6O2. The van der Waals surface area contributed by atoms with Crippen molar-refractivity contribution in [3.8, 4) is 28.9 Å². The predicted octanol–water partition coefficient (Wildman–Crippen LogP) is 3.67. The lowest BCUT2D eigenvalue weighted by molar-refractivity contribution is 0.100. The minimum atomic E-state index is -0.625. The zero-order valence-electron chi connectivity index (χ0n) is 17.6. The molecule has 1 aromatic heterocycles. The molecule has 2 fully saturated rings. The molecule has 4 N–H and O–H groups in total. The van der Waals surface area contributed by atoms with Crippen LogP contribution in [0.1, 0.15) is 42.1 Å². The van der Waals surface area contributed by atoms with Crippen LogP contribution in [-0.2, 0) is 0 Å². The van der Waals surface area contributed by atoms with Crippen molar-refractivity contribution in [2.75, 3.05) is 12.3 Å². The zero-order chi connectivity index (χ0) is 22.3. The number of nitrogen functional groups attached to an aromatic ring is 1. The first-order valence-corrected chi connectivity index (χ1v) is 10.7. The van der Waals surface area contributed by atoms with Crippen molar-refractivity contribution in [3.63, 3.8) is 0 Å². The van der Waals surface area contributed by atoms with Gasteiger partial charge in [0, 0.05) is 5.56 Å². The van der Waals surface area contributed by atoms with Crippen molar-refractivity contribution in [1.29, 1.82) is 5.26 Å². The summed E-state index contributed by atoms with van der Waals surface area (Å²) in [6, 6.07) is 16.7. The van der Waals surface area contributed by atoms with E-state index < -0.39 is 5.91 Å². The molecule has 1 amide bonds. The van der Waals surface area contributed by atoms with Crippen molar-refractivity contribution in [2.45, 2.75) is 37.3 Å². The van der Waals surface area contributed by atoms with Crippen LogP contribution in [0.4, 0.5) is 5.82 Å². The summed E-state index contributed by atoms with van der Waals surface area (Å²) in [5.74, 6) is 1.02. The fraction of sp³-hybridized carbons (Fsp3) is 0.292. The Morgan fingerprint density at radius 3 is 2.41 bits per heavy atom. The van der Waals surface area contributed by atoms with Crippen molar-refractivity contribution in [1.82, 2.24) is 14.7 Å². The topological polar surface area (TPSA) is 123 Å². The van der Waals surface area contributed by atoms with Crippen molar-refractivity contribution in [2.24, 2.45) is 5.73 Å². The van der Waals surface area contributed by atoms with Gasteiger partial charge in [0.15, 0.2) is 6.19 Å². The van der Waals surface area contributed by atoms with Gasteiger partial charge in [0.25, 0.3) is 5.91 Å². The van der Waals surface area contributed by atoms with Crippen molar-refractivity contribution in [3.05, 3.63) is 60.2 Å². The lowest BCUT2D eigenvalue weighted by atomic mass is 9.97. The number of benzene rings is 2. The predicted molar refractivity (Wildman–Crippen MR) is 120 cm³/mol. The molecule has 8 nitrogen and oxygen atoms in total. The standard InChI is InChI=1S/C24H24N6O2/c25-15-29-14-17(10-11-24(29)12-13-24)30-22(26)20(23(27)31)21(28-30)16-6-8-19(9-7-16)32-18-4-2-1-3-5-18/h1-9,17H,10-14,26H2,(H2,27,31). The van der Waals surface area contributed by atoms with E-state index in [1.54, 1.807) is 4.68 Å². The van der Waals surface area contributed by atoms with E-state index >= 15 is 0 Å². The Hall–Kier alpha value is -3.99. The van der Waals surface area contributed by atoms with Crippen LogP contribution in [0.5, 0.6) is 11.5 Å². The average molecular weight is 428 g/mol. The number of amides is 1. The van der Waals surface area contributed by atoms with Crippen LogP contribution in [0.3, 0.4) is 0 Å². The van der Waals surface area contributed by atoms with E-state index in [0.29, 0.717) is 18.0 Å². The molecule has 1 aliphatic carbocycles. The van der Waals surface area contributed by atoms with E-state index in [4.69, 9.17) is 16.2 Å². The summed E-state index contributed by atoms with van der Waals surface area (Å²) in [7, 11) is 0. The van der Waals surface area contributed by atoms with Gasteiger partial charge in [-0.3, -0.25) is 4.79 Å². The normalized spacial score (nSPS) is 18.8. The molecule has 3 aromatic rings. The fourth-order valence-corrected chi connectivity index (χ4v) is 4.55. The van der Waals surface area contributed by atoms with E-state index in [2.05, 4.69) is 11.3 Å². The third-order valence-corrected chi connectivity index (χ3v) is 6.50.